The van der Waals surface area contributed by atoms with E-state index in [2.05, 4.69) is 0 Å². The molecule has 0 atom stereocenters. The van der Waals surface area contributed by atoms with E-state index >= 15 is 0 Å². The van der Waals surface area contributed by atoms with Crippen LogP contribution in [0.4, 0.5) is 0 Å². The summed E-state index contributed by atoms with van der Waals surface area (Å²) >= 11 is 0. The lowest BCUT2D eigenvalue weighted by molar-refractivity contribution is 0.0972. The molecule has 1 aliphatic rings. The first-order chi connectivity index (χ1) is 10.8. The van der Waals surface area contributed by atoms with Crippen molar-refractivity contribution in [3.63, 3.8) is 0 Å². The summed E-state index contributed by atoms with van der Waals surface area (Å²) in [6, 6.07) is 15.0. The SMILES string of the molecule is O=C1CCCc2c1cc1cccn1c2C(=O)c1ccccc1. The van der Waals surface area contributed by atoms with Gasteiger partial charge in [-0.3, -0.25) is 9.59 Å². The Morgan fingerprint density at radius 3 is 2.64 bits per heavy atom. The van der Waals surface area contributed by atoms with Crippen LogP contribution in [0.25, 0.3) is 5.52 Å². The van der Waals surface area contributed by atoms with E-state index in [1.807, 2.05) is 59.1 Å². The molecule has 0 amide bonds. The molecule has 0 aliphatic heterocycles. The second-order valence-corrected chi connectivity index (χ2v) is 5.66. The standard InChI is InChI=1S/C19H15NO2/c21-17-10-4-9-15-16(17)12-14-8-5-11-20(14)18(15)19(22)13-6-2-1-3-7-13/h1-3,5-8,11-12H,4,9-10H2. The van der Waals surface area contributed by atoms with Gasteiger partial charge in [0.1, 0.15) is 0 Å². The summed E-state index contributed by atoms with van der Waals surface area (Å²) in [5.74, 6) is 0.125. The normalized spacial score (nSPS) is 14.1. The molecule has 3 nitrogen and oxygen atoms in total. The van der Waals surface area contributed by atoms with E-state index in [1.54, 1.807) is 0 Å². The van der Waals surface area contributed by atoms with Crippen molar-refractivity contribution in [2.75, 3.05) is 0 Å². The largest absolute Gasteiger partial charge is 0.313 e. The minimum atomic E-state index is -0.0200. The summed E-state index contributed by atoms with van der Waals surface area (Å²) in [4.78, 5) is 25.2. The number of rotatable bonds is 2. The average molecular weight is 289 g/mol. The zero-order valence-corrected chi connectivity index (χ0v) is 12.1. The predicted molar refractivity (Wildman–Crippen MR) is 84.5 cm³/mol. The number of nitrogens with zero attached hydrogens (tertiary/aromatic N) is 1. The molecule has 0 saturated heterocycles. The Kier molecular flexibility index (Phi) is 2.93. The summed E-state index contributed by atoms with van der Waals surface area (Å²) in [5.41, 5.74) is 3.81. The van der Waals surface area contributed by atoms with E-state index in [4.69, 9.17) is 0 Å². The third-order valence-corrected chi connectivity index (χ3v) is 4.31. The van der Waals surface area contributed by atoms with E-state index < -0.39 is 0 Å². The summed E-state index contributed by atoms with van der Waals surface area (Å²) in [6.07, 6.45) is 4.06. The van der Waals surface area contributed by atoms with E-state index in [1.165, 1.54) is 0 Å². The van der Waals surface area contributed by atoms with Crippen molar-refractivity contribution < 1.29 is 9.59 Å². The first-order valence-electron chi connectivity index (χ1n) is 7.51. The van der Waals surface area contributed by atoms with Gasteiger partial charge in [-0.05, 0) is 36.6 Å². The van der Waals surface area contributed by atoms with Gasteiger partial charge in [-0.1, -0.05) is 30.3 Å². The number of carbonyl (C=O) groups is 2. The molecule has 3 heteroatoms. The van der Waals surface area contributed by atoms with Crippen LogP contribution in [0.15, 0.2) is 54.7 Å². The van der Waals surface area contributed by atoms with Gasteiger partial charge in [0, 0.05) is 29.3 Å². The molecule has 3 aromatic rings. The third-order valence-electron chi connectivity index (χ3n) is 4.31. The Hall–Kier alpha value is -2.68. The molecule has 2 aromatic heterocycles. The molecule has 0 unspecified atom stereocenters. The second-order valence-electron chi connectivity index (χ2n) is 5.66. The van der Waals surface area contributed by atoms with Gasteiger partial charge in [0.2, 0.25) is 5.78 Å². The molecule has 1 aliphatic carbocycles. The summed E-state index contributed by atoms with van der Waals surface area (Å²) in [6.45, 7) is 0. The van der Waals surface area contributed by atoms with E-state index in [9.17, 15) is 9.59 Å². The molecule has 0 bridgehead atoms. The number of hydrogen-bond donors (Lipinski definition) is 0. The number of ketones is 2. The molecule has 108 valence electrons. The molecule has 0 fully saturated rings. The Balaban J connectivity index is 2.02. The van der Waals surface area contributed by atoms with Crippen LogP contribution in [0.2, 0.25) is 0 Å². The Morgan fingerprint density at radius 1 is 1.00 bits per heavy atom. The first kappa shape index (κ1) is 13.0. The number of benzene rings is 1. The monoisotopic (exact) mass is 289 g/mol. The molecule has 22 heavy (non-hydrogen) atoms. The number of pyridine rings is 1. The highest BCUT2D eigenvalue weighted by molar-refractivity contribution is 6.12. The highest BCUT2D eigenvalue weighted by atomic mass is 16.1. The summed E-state index contributed by atoms with van der Waals surface area (Å²) in [7, 11) is 0. The Labute approximate surface area is 128 Å². The lowest BCUT2D eigenvalue weighted by atomic mass is 9.87. The minimum absolute atomic E-state index is 0.0200. The number of aromatic nitrogens is 1. The van der Waals surface area contributed by atoms with Crippen molar-refractivity contribution >= 4 is 17.1 Å². The van der Waals surface area contributed by atoms with Gasteiger partial charge in [0.25, 0.3) is 0 Å². The van der Waals surface area contributed by atoms with Gasteiger partial charge < -0.3 is 4.40 Å². The Bertz CT molecular complexity index is 890. The van der Waals surface area contributed by atoms with Gasteiger partial charge in [-0.25, -0.2) is 0 Å². The van der Waals surface area contributed by atoms with Gasteiger partial charge in [-0.15, -0.1) is 0 Å². The first-order valence-corrected chi connectivity index (χ1v) is 7.51. The minimum Gasteiger partial charge on any atom is -0.313 e. The fourth-order valence-electron chi connectivity index (χ4n) is 3.26. The number of fused-ring (bicyclic) bond motifs is 2. The molecule has 4 rings (SSSR count). The molecule has 0 saturated carbocycles. The lowest BCUT2D eigenvalue weighted by Crippen LogP contribution is -2.19. The van der Waals surface area contributed by atoms with E-state index in [0.29, 0.717) is 17.7 Å². The van der Waals surface area contributed by atoms with Crippen LogP contribution in [-0.4, -0.2) is 16.0 Å². The fraction of sp³-hybridized carbons (Fsp3) is 0.158. The zero-order valence-electron chi connectivity index (χ0n) is 12.1. The van der Waals surface area contributed by atoms with Crippen LogP contribution in [0, 0.1) is 0 Å². The van der Waals surface area contributed by atoms with Crippen LogP contribution in [0.3, 0.4) is 0 Å². The van der Waals surface area contributed by atoms with Crippen molar-refractivity contribution in [3.05, 3.63) is 77.1 Å². The molecule has 1 aromatic carbocycles. The van der Waals surface area contributed by atoms with Crippen molar-refractivity contribution in [1.82, 2.24) is 4.40 Å². The molecular formula is C19H15NO2. The molecule has 0 radical (unpaired) electrons. The number of carbonyl (C=O) groups excluding carboxylic acids is 2. The van der Waals surface area contributed by atoms with Crippen LogP contribution >= 0.6 is 0 Å². The average Bonchev–Trinajstić information content (AvgIpc) is 3.02. The Morgan fingerprint density at radius 2 is 1.82 bits per heavy atom. The van der Waals surface area contributed by atoms with Crippen molar-refractivity contribution in [1.29, 1.82) is 0 Å². The van der Waals surface area contributed by atoms with E-state index in [-0.39, 0.29) is 11.6 Å². The van der Waals surface area contributed by atoms with Crippen LogP contribution in [0.5, 0.6) is 0 Å². The number of hydrogen-bond acceptors (Lipinski definition) is 2. The maximum atomic E-state index is 13.0. The van der Waals surface area contributed by atoms with Crippen molar-refractivity contribution in [2.24, 2.45) is 0 Å². The maximum Gasteiger partial charge on any atom is 0.210 e. The smallest absolute Gasteiger partial charge is 0.210 e. The summed E-state index contributed by atoms with van der Waals surface area (Å²) in [5, 5.41) is 0. The number of Topliss-reactive ketones (excluding diaryl/α,β-unsaturated/α-hetero) is 1. The third kappa shape index (κ3) is 1.90. The van der Waals surface area contributed by atoms with Crippen LogP contribution in [0.1, 0.15) is 44.8 Å². The predicted octanol–water partition coefficient (Wildman–Crippen LogP) is 3.69. The zero-order chi connectivity index (χ0) is 15.1. The summed E-state index contributed by atoms with van der Waals surface area (Å²) < 4.78 is 1.91. The van der Waals surface area contributed by atoms with Crippen LogP contribution in [-0.2, 0) is 6.42 Å². The molecule has 2 heterocycles. The molecule has 0 spiro atoms. The van der Waals surface area contributed by atoms with Crippen molar-refractivity contribution in [2.45, 2.75) is 19.3 Å². The van der Waals surface area contributed by atoms with Crippen molar-refractivity contribution in [3.8, 4) is 0 Å². The maximum absolute atomic E-state index is 13.0. The molecular weight excluding hydrogens is 274 g/mol. The van der Waals surface area contributed by atoms with Gasteiger partial charge >= 0.3 is 0 Å². The fourth-order valence-corrected chi connectivity index (χ4v) is 3.26. The van der Waals surface area contributed by atoms with E-state index in [0.717, 1.165) is 29.5 Å². The quantitative estimate of drug-likeness (QED) is 0.675. The topological polar surface area (TPSA) is 38.5 Å². The second kappa shape index (κ2) is 4.95. The van der Waals surface area contributed by atoms with Gasteiger partial charge in [-0.2, -0.15) is 0 Å². The highest BCUT2D eigenvalue weighted by Gasteiger charge is 2.26. The highest BCUT2D eigenvalue weighted by Crippen LogP contribution is 2.28. The lowest BCUT2D eigenvalue weighted by Gasteiger charge is -2.20. The molecule has 0 N–H and O–H groups in total. The van der Waals surface area contributed by atoms with Gasteiger partial charge in [0.15, 0.2) is 5.78 Å². The van der Waals surface area contributed by atoms with Crippen LogP contribution < -0.4 is 0 Å². The van der Waals surface area contributed by atoms with Gasteiger partial charge in [0.05, 0.1) is 5.69 Å².